The molecule has 0 bridgehead atoms. The molecule has 0 aromatic carbocycles. The summed E-state index contributed by atoms with van der Waals surface area (Å²) in [5.74, 6) is 0. The molecule has 2 rings (SSSR count). The van der Waals surface area contributed by atoms with E-state index in [-0.39, 0.29) is 9.75 Å². The molecular weight excluding hydrogens is 310 g/mol. The molecule has 1 aliphatic heterocycles. The summed E-state index contributed by atoms with van der Waals surface area (Å²) < 4.78 is 33.0. The van der Waals surface area contributed by atoms with Crippen molar-refractivity contribution in [3.05, 3.63) is 11.2 Å². The molecule has 1 aromatic rings. The first-order valence-electron chi connectivity index (χ1n) is 7.12. The summed E-state index contributed by atoms with van der Waals surface area (Å²) in [5, 5.41) is 0.836. The second-order valence-corrected chi connectivity index (χ2v) is 8.77. The first kappa shape index (κ1) is 16.8. The third kappa shape index (κ3) is 4.23. The Morgan fingerprint density at radius 2 is 2.10 bits per heavy atom. The molecule has 0 spiro atoms. The lowest BCUT2D eigenvalue weighted by Gasteiger charge is -2.40. The number of nitrogens with zero attached hydrogens (tertiary/aromatic N) is 2. The number of nitrogens with one attached hydrogen (secondary N) is 1. The molecule has 2 heterocycles. The Morgan fingerprint density at radius 3 is 2.67 bits per heavy atom. The normalized spacial score (nSPS) is 18.0. The Labute approximate surface area is 130 Å². The number of sulfonamides is 1. The van der Waals surface area contributed by atoms with Gasteiger partial charge in [-0.3, -0.25) is 4.90 Å². The molecule has 0 unspecified atom stereocenters. The van der Waals surface area contributed by atoms with E-state index in [0.29, 0.717) is 19.8 Å². The fourth-order valence-corrected chi connectivity index (χ4v) is 4.57. The number of thiazole rings is 1. The molecule has 1 N–H and O–H groups in total. The predicted molar refractivity (Wildman–Crippen MR) is 83.2 cm³/mol. The van der Waals surface area contributed by atoms with Crippen molar-refractivity contribution in [3.63, 3.8) is 0 Å². The van der Waals surface area contributed by atoms with Gasteiger partial charge in [0.2, 0.25) is 0 Å². The van der Waals surface area contributed by atoms with Crippen molar-refractivity contribution in [3.8, 4) is 0 Å². The standard InChI is InChI=1S/C13H23N3O3S2/c1-4-11-14-9-12(20-11)21(17,18)15-10-13(2,3)16-5-7-19-8-6-16/h9,15H,4-8,10H2,1-3H3. The predicted octanol–water partition coefficient (Wildman–Crippen LogP) is 1.09. The van der Waals surface area contributed by atoms with Crippen molar-refractivity contribution in [2.75, 3.05) is 32.8 Å². The molecule has 1 saturated heterocycles. The minimum atomic E-state index is -3.47. The van der Waals surface area contributed by atoms with E-state index >= 15 is 0 Å². The van der Waals surface area contributed by atoms with E-state index in [2.05, 4.69) is 14.6 Å². The summed E-state index contributed by atoms with van der Waals surface area (Å²) in [6.45, 7) is 9.48. The number of rotatable bonds is 6. The lowest BCUT2D eigenvalue weighted by Crippen LogP contribution is -2.55. The minimum Gasteiger partial charge on any atom is -0.379 e. The molecule has 1 aromatic heterocycles. The van der Waals surface area contributed by atoms with Crippen LogP contribution in [0.2, 0.25) is 0 Å². The summed E-state index contributed by atoms with van der Waals surface area (Å²) in [7, 11) is -3.47. The van der Waals surface area contributed by atoms with Gasteiger partial charge in [0, 0.05) is 25.2 Å². The molecule has 1 fully saturated rings. The van der Waals surface area contributed by atoms with Crippen LogP contribution in [0.4, 0.5) is 0 Å². The molecule has 21 heavy (non-hydrogen) atoms. The van der Waals surface area contributed by atoms with Crippen LogP contribution in [0, 0.1) is 0 Å². The van der Waals surface area contributed by atoms with Crippen LogP contribution in [0.1, 0.15) is 25.8 Å². The topological polar surface area (TPSA) is 71.5 Å². The Bertz CT molecular complexity index is 563. The van der Waals surface area contributed by atoms with Crippen LogP contribution in [0.25, 0.3) is 0 Å². The number of morpholine rings is 1. The minimum absolute atomic E-state index is 0.241. The van der Waals surface area contributed by atoms with E-state index in [0.717, 1.165) is 24.5 Å². The highest BCUT2D eigenvalue weighted by atomic mass is 32.2. The van der Waals surface area contributed by atoms with Gasteiger partial charge in [-0.2, -0.15) is 0 Å². The number of hydrogen-bond donors (Lipinski definition) is 1. The van der Waals surface area contributed by atoms with Crippen LogP contribution in [0.3, 0.4) is 0 Å². The van der Waals surface area contributed by atoms with Gasteiger partial charge < -0.3 is 4.74 Å². The maximum Gasteiger partial charge on any atom is 0.251 e. The Kier molecular flexibility index (Phi) is 5.37. The molecule has 0 saturated carbocycles. The molecule has 1 aliphatic rings. The summed E-state index contributed by atoms with van der Waals surface area (Å²) in [6, 6.07) is 0. The van der Waals surface area contributed by atoms with Gasteiger partial charge in [0.25, 0.3) is 10.0 Å². The van der Waals surface area contributed by atoms with Gasteiger partial charge in [-0.15, -0.1) is 11.3 Å². The Hall–Kier alpha value is -0.540. The zero-order valence-electron chi connectivity index (χ0n) is 12.8. The van der Waals surface area contributed by atoms with Crippen molar-refractivity contribution in [2.24, 2.45) is 0 Å². The fraction of sp³-hybridized carbons (Fsp3) is 0.769. The molecule has 6 nitrogen and oxygen atoms in total. The maximum atomic E-state index is 12.3. The maximum absolute atomic E-state index is 12.3. The molecular formula is C13H23N3O3S2. The lowest BCUT2D eigenvalue weighted by molar-refractivity contribution is -0.00803. The zero-order valence-corrected chi connectivity index (χ0v) is 14.4. The van der Waals surface area contributed by atoms with Gasteiger partial charge in [0.15, 0.2) is 4.21 Å². The first-order valence-corrected chi connectivity index (χ1v) is 9.42. The second-order valence-electron chi connectivity index (χ2n) is 5.66. The van der Waals surface area contributed by atoms with Gasteiger partial charge in [-0.25, -0.2) is 18.1 Å². The highest BCUT2D eigenvalue weighted by molar-refractivity contribution is 7.91. The van der Waals surface area contributed by atoms with Crippen LogP contribution >= 0.6 is 11.3 Å². The summed E-state index contributed by atoms with van der Waals surface area (Å²) >= 11 is 1.23. The molecule has 0 aliphatic carbocycles. The second kappa shape index (κ2) is 6.70. The van der Waals surface area contributed by atoms with Crippen molar-refractivity contribution < 1.29 is 13.2 Å². The molecule has 0 amide bonds. The molecule has 120 valence electrons. The average molecular weight is 333 g/mol. The highest BCUT2D eigenvalue weighted by Crippen LogP contribution is 2.20. The van der Waals surface area contributed by atoms with Crippen molar-refractivity contribution in [1.29, 1.82) is 0 Å². The molecule has 8 heteroatoms. The van der Waals surface area contributed by atoms with Crippen LogP contribution in [-0.2, 0) is 21.2 Å². The quantitative estimate of drug-likeness (QED) is 0.844. The number of aryl methyl sites for hydroxylation is 1. The van der Waals surface area contributed by atoms with E-state index < -0.39 is 10.0 Å². The van der Waals surface area contributed by atoms with Crippen LogP contribution in [0.15, 0.2) is 10.4 Å². The monoisotopic (exact) mass is 333 g/mol. The average Bonchev–Trinajstić information content (AvgIpc) is 2.96. The van der Waals surface area contributed by atoms with Crippen LogP contribution in [0.5, 0.6) is 0 Å². The number of hydrogen-bond acceptors (Lipinski definition) is 6. The van der Waals surface area contributed by atoms with Crippen molar-refractivity contribution >= 4 is 21.4 Å². The van der Waals surface area contributed by atoms with Gasteiger partial charge in [0.1, 0.15) is 0 Å². The summed E-state index contributed by atoms with van der Waals surface area (Å²) in [6.07, 6.45) is 2.19. The van der Waals surface area contributed by atoms with Gasteiger partial charge in [0.05, 0.1) is 24.4 Å². The van der Waals surface area contributed by atoms with E-state index in [1.54, 1.807) is 0 Å². The van der Waals surface area contributed by atoms with Gasteiger partial charge in [-0.05, 0) is 20.3 Å². The van der Waals surface area contributed by atoms with E-state index in [1.165, 1.54) is 17.5 Å². The van der Waals surface area contributed by atoms with Crippen molar-refractivity contribution in [2.45, 2.75) is 36.9 Å². The van der Waals surface area contributed by atoms with E-state index in [4.69, 9.17) is 4.74 Å². The van der Waals surface area contributed by atoms with Crippen molar-refractivity contribution in [1.82, 2.24) is 14.6 Å². The molecule has 0 radical (unpaired) electrons. The van der Waals surface area contributed by atoms with Crippen LogP contribution < -0.4 is 4.72 Å². The van der Waals surface area contributed by atoms with Gasteiger partial charge in [-0.1, -0.05) is 6.92 Å². The van der Waals surface area contributed by atoms with Gasteiger partial charge >= 0.3 is 0 Å². The largest absolute Gasteiger partial charge is 0.379 e. The summed E-state index contributed by atoms with van der Waals surface area (Å²) in [5.41, 5.74) is -0.241. The Morgan fingerprint density at radius 1 is 1.43 bits per heavy atom. The third-order valence-electron chi connectivity index (χ3n) is 3.66. The summed E-state index contributed by atoms with van der Waals surface area (Å²) in [4.78, 5) is 6.36. The number of aromatic nitrogens is 1. The third-order valence-corrected chi connectivity index (χ3v) is 6.67. The fourth-order valence-electron chi connectivity index (χ4n) is 2.20. The van der Waals surface area contributed by atoms with E-state index in [1.807, 2.05) is 20.8 Å². The molecule has 0 atom stereocenters. The van der Waals surface area contributed by atoms with E-state index in [9.17, 15) is 8.42 Å². The smallest absolute Gasteiger partial charge is 0.251 e. The van der Waals surface area contributed by atoms with Crippen LogP contribution in [-0.4, -0.2) is 56.7 Å². The number of ether oxygens (including phenoxy) is 1. The SMILES string of the molecule is CCc1ncc(S(=O)(=O)NCC(C)(C)N2CCOCC2)s1. The zero-order chi connectivity index (χ0) is 15.5. The highest BCUT2D eigenvalue weighted by Gasteiger charge is 2.30. The lowest BCUT2D eigenvalue weighted by atomic mass is 10.0. The Balaban J connectivity index is 2.00. The first-order chi connectivity index (χ1) is 9.85.